The summed E-state index contributed by atoms with van der Waals surface area (Å²) in [5, 5.41) is 13.4. The Morgan fingerprint density at radius 2 is 1.64 bits per heavy atom. The first kappa shape index (κ1) is 16.3. The number of carbonyl (C=O) groups excluding carboxylic acids is 2. The van der Waals surface area contributed by atoms with Crippen LogP contribution in [0.2, 0.25) is 0 Å². The average Bonchev–Trinajstić information content (AvgIpc) is 3.42. The van der Waals surface area contributed by atoms with Crippen molar-refractivity contribution in [3.63, 3.8) is 0 Å². The Bertz CT molecular complexity index is 1070. The smallest absolute Gasteiger partial charge is 0.263 e. The fraction of sp³-hybridized carbons (Fsp3) is 0.158. The van der Waals surface area contributed by atoms with Crippen molar-refractivity contribution in [3.05, 3.63) is 66.6 Å². The fourth-order valence-electron chi connectivity index (χ4n) is 3.35. The first-order valence-corrected chi connectivity index (χ1v) is 8.70. The highest BCUT2D eigenvalue weighted by atomic mass is 16.5. The van der Waals surface area contributed by atoms with Gasteiger partial charge in [-0.25, -0.2) is 4.90 Å². The van der Waals surface area contributed by atoms with Crippen LogP contribution in [0.15, 0.2) is 75.5 Å². The monoisotopic (exact) mass is 374 g/mol. The molecule has 0 aliphatic carbocycles. The van der Waals surface area contributed by atoms with Gasteiger partial charge in [0.2, 0.25) is 11.7 Å². The summed E-state index contributed by atoms with van der Waals surface area (Å²) in [6.45, 7) is 0.0894. The molecule has 0 bridgehead atoms. The molecule has 5 rings (SSSR count). The second-order valence-corrected chi connectivity index (χ2v) is 6.42. The molecule has 2 amide bonds. The molecule has 0 N–H and O–H groups in total. The molecule has 2 aromatic carbocycles. The van der Waals surface area contributed by atoms with Gasteiger partial charge in [-0.3, -0.25) is 14.6 Å². The lowest BCUT2D eigenvalue weighted by atomic mass is 10.1. The number of nitrogens with zero attached hydrogens (tertiary/aromatic N) is 6. The quantitative estimate of drug-likeness (QED) is 0.649. The molecule has 28 heavy (non-hydrogen) atoms. The van der Waals surface area contributed by atoms with Crippen LogP contribution in [-0.2, 0) is 16.1 Å². The summed E-state index contributed by atoms with van der Waals surface area (Å²) in [4.78, 5) is 31.1. The molecule has 9 nitrogen and oxygen atoms in total. The van der Waals surface area contributed by atoms with Crippen LogP contribution in [0.3, 0.4) is 0 Å². The third kappa shape index (κ3) is 2.56. The van der Waals surface area contributed by atoms with E-state index in [1.54, 1.807) is 24.3 Å². The van der Waals surface area contributed by atoms with Crippen molar-refractivity contribution in [2.75, 3.05) is 4.90 Å². The zero-order valence-electron chi connectivity index (χ0n) is 14.5. The molecule has 2 aliphatic rings. The number of carbonyl (C=O) groups is 2. The lowest BCUT2D eigenvalue weighted by Gasteiger charge is -2.19. The van der Waals surface area contributed by atoms with Crippen molar-refractivity contribution in [2.24, 2.45) is 10.3 Å². The summed E-state index contributed by atoms with van der Waals surface area (Å²) in [5.41, 5.74) is 1.34. The van der Waals surface area contributed by atoms with E-state index in [2.05, 4.69) is 20.5 Å². The standard InChI is InChI=1S/C19H14N6O3/c26-18-15-16(19(27)25(18)13-9-5-2-6-10-13)24(23-21-15)11-14-20-17(22-28-14)12-7-3-1-4-8-12/h1-10,15-16H,11H2/t15-,16+/m0/s1. The van der Waals surface area contributed by atoms with E-state index in [9.17, 15) is 9.59 Å². The summed E-state index contributed by atoms with van der Waals surface area (Å²) in [6.07, 6.45) is 0. The zero-order valence-corrected chi connectivity index (χ0v) is 14.5. The van der Waals surface area contributed by atoms with Crippen LogP contribution in [0.5, 0.6) is 0 Å². The Kier molecular flexibility index (Phi) is 3.71. The van der Waals surface area contributed by atoms with Gasteiger partial charge in [-0.05, 0) is 12.1 Å². The molecule has 0 saturated carbocycles. The topological polar surface area (TPSA) is 104 Å². The second kappa shape index (κ2) is 6.38. The van der Waals surface area contributed by atoms with E-state index in [0.717, 1.165) is 10.5 Å². The van der Waals surface area contributed by atoms with Crippen molar-refractivity contribution < 1.29 is 14.1 Å². The van der Waals surface area contributed by atoms with E-state index in [0.29, 0.717) is 11.5 Å². The minimum atomic E-state index is -0.857. The summed E-state index contributed by atoms with van der Waals surface area (Å²) in [5.74, 6) is -0.0168. The summed E-state index contributed by atoms with van der Waals surface area (Å²) >= 11 is 0. The number of imide groups is 1. The SMILES string of the molecule is O=C1[C@H]2N=NN(Cc3nc(-c4ccccc4)no3)[C@H]2C(=O)N1c1ccccc1. The van der Waals surface area contributed by atoms with Crippen LogP contribution in [0, 0.1) is 0 Å². The van der Waals surface area contributed by atoms with E-state index in [1.165, 1.54) is 5.01 Å². The third-order valence-electron chi connectivity index (χ3n) is 4.67. The van der Waals surface area contributed by atoms with Gasteiger partial charge in [-0.1, -0.05) is 58.9 Å². The molecule has 9 heteroatoms. The van der Waals surface area contributed by atoms with Gasteiger partial charge in [0.15, 0.2) is 12.1 Å². The van der Waals surface area contributed by atoms with E-state index in [1.807, 2.05) is 36.4 Å². The first-order valence-electron chi connectivity index (χ1n) is 8.70. The molecule has 0 spiro atoms. The van der Waals surface area contributed by atoms with Gasteiger partial charge in [0, 0.05) is 5.56 Å². The molecule has 1 fully saturated rings. The first-order chi connectivity index (χ1) is 13.7. The molecule has 1 aromatic heterocycles. The van der Waals surface area contributed by atoms with Crippen LogP contribution in [0.4, 0.5) is 5.69 Å². The molecular weight excluding hydrogens is 360 g/mol. The normalized spacial score (nSPS) is 20.9. The van der Waals surface area contributed by atoms with Gasteiger partial charge < -0.3 is 4.52 Å². The molecule has 2 aliphatic heterocycles. The highest BCUT2D eigenvalue weighted by molar-refractivity contribution is 6.25. The van der Waals surface area contributed by atoms with Crippen molar-refractivity contribution >= 4 is 17.5 Å². The fourth-order valence-corrected chi connectivity index (χ4v) is 3.35. The summed E-state index contributed by atoms with van der Waals surface area (Å²) in [7, 11) is 0. The minimum absolute atomic E-state index is 0.0894. The number of fused-ring (bicyclic) bond motifs is 1. The van der Waals surface area contributed by atoms with Crippen molar-refractivity contribution in [1.82, 2.24) is 15.1 Å². The highest BCUT2D eigenvalue weighted by Gasteiger charge is 2.55. The lowest BCUT2D eigenvalue weighted by Crippen LogP contribution is -2.39. The van der Waals surface area contributed by atoms with E-state index >= 15 is 0 Å². The minimum Gasteiger partial charge on any atom is -0.337 e. The van der Waals surface area contributed by atoms with Gasteiger partial charge in [-0.15, -0.1) is 0 Å². The Balaban J connectivity index is 1.37. The summed E-state index contributed by atoms with van der Waals surface area (Å²) < 4.78 is 5.29. The van der Waals surface area contributed by atoms with E-state index < -0.39 is 12.1 Å². The lowest BCUT2D eigenvalue weighted by molar-refractivity contribution is -0.123. The van der Waals surface area contributed by atoms with Gasteiger partial charge in [0.1, 0.15) is 6.54 Å². The predicted octanol–water partition coefficient (Wildman–Crippen LogP) is 2.23. The molecule has 0 radical (unpaired) electrons. The maximum atomic E-state index is 12.9. The van der Waals surface area contributed by atoms with Gasteiger partial charge in [0.05, 0.1) is 5.69 Å². The Hall–Kier alpha value is -3.88. The number of rotatable bonds is 4. The number of hydrogen-bond donors (Lipinski definition) is 0. The van der Waals surface area contributed by atoms with E-state index in [-0.39, 0.29) is 24.2 Å². The van der Waals surface area contributed by atoms with Crippen LogP contribution in [0.1, 0.15) is 5.89 Å². The maximum Gasteiger partial charge on any atom is 0.263 e. The van der Waals surface area contributed by atoms with Crippen molar-refractivity contribution in [1.29, 1.82) is 0 Å². The Morgan fingerprint density at radius 3 is 2.39 bits per heavy atom. The highest BCUT2D eigenvalue weighted by Crippen LogP contribution is 2.32. The second-order valence-electron chi connectivity index (χ2n) is 6.42. The molecule has 2 atom stereocenters. The zero-order chi connectivity index (χ0) is 19.1. The van der Waals surface area contributed by atoms with Crippen LogP contribution in [0.25, 0.3) is 11.4 Å². The largest absolute Gasteiger partial charge is 0.337 e. The average molecular weight is 374 g/mol. The molecule has 138 valence electrons. The Labute approximate surface area is 159 Å². The van der Waals surface area contributed by atoms with E-state index in [4.69, 9.17) is 4.52 Å². The summed E-state index contributed by atoms with van der Waals surface area (Å²) in [6, 6.07) is 16.5. The van der Waals surface area contributed by atoms with Gasteiger partial charge in [0.25, 0.3) is 11.8 Å². The van der Waals surface area contributed by atoms with Crippen molar-refractivity contribution in [3.8, 4) is 11.4 Å². The molecular formula is C19H14N6O3. The Morgan fingerprint density at radius 1 is 0.929 bits per heavy atom. The number of amides is 2. The van der Waals surface area contributed by atoms with Crippen LogP contribution < -0.4 is 4.90 Å². The number of aromatic nitrogens is 2. The van der Waals surface area contributed by atoms with Crippen LogP contribution in [-0.4, -0.2) is 39.0 Å². The third-order valence-corrected chi connectivity index (χ3v) is 4.67. The number of benzene rings is 2. The predicted molar refractivity (Wildman–Crippen MR) is 96.6 cm³/mol. The van der Waals surface area contributed by atoms with Crippen LogP contribution >= 0.6 is 0 Å². The number of para-hydroxylation sites is 1. The van der Waals surface area contributed by atoms with Gasteiger partial charge in [-0.2, -0.15) is 10.1 Å². The molecule has 1 saturated heterocycles. The molecule has 3 heterocycles. The molecule has 0 unspecified atom stereocenters. The van der Waals surface area contributed by atoms with Crippen molar-refractivity contribution in [2.45, 2.75) is 18.6 Å². The number of anilines is 1. The van der Waals surface area contributed by atoms with Gasteiger partial charge >= 0.3 is 0 Å². The number of hydrogen-bond acceptors (Lipinski definition) is 8. The maximum absolute atomic E-state index is 12.9. The molecule has 3 aromatic rings.